The van der Waals surface area contributed by atoms with E-state index in [9.17, 15) is 9.90 Å². The Bertz CT molecular complexity index is 722. The van der Waals surface area contributed by atoms with E-state index in [2.05, 4.69) is 11.5 Å². The van der Waals surface area contributed by atoms with Gasteiger partial charge in [0.15, 0.2) is 0 Å². The molecule has 21 heavy (non-hydrogen) atoms. The standard InChI is InChI=1S/C17H20N2O2/c1-17(9-2-3-10-17)19-14-12(16(20)21)5-4-6-13(14)18-15(19)11-7-8-11/h4-6,11H,2-3,7-10H2,1H3,(H,20,21). The van der Waals surface area contributed by atoms with Gasteiger partial charge in [-0.3, -0.25) is 0 Å². The van der Waals surface area contributed by atoms with Gasteiger partial charge in [-0.2, -0.15) is 0 Å². The van der Waals surface area contributed by atoms with Crippen molar-refractivity contribution in [2.24, 2.45) is 0 Å². The monoisotopic (exact) mass is 284 g/mol. The van der Waals surface area contributed by atoms with Crippen LogP contribution >= 0.6 is 0 Å². The summed E-state index contributed by atoms with van der Waals surface area (Å²) in [5.41, 5.74) is 2.08. The molecule has 0 unspecified atom stereocenters. The van der Waals surface area contributed by atoms with Crippen LogP contribution in [0.1, 0.15) is 67.5 Å². The molecule has 2 aromatic rings. The third kappa shape index (κ3) is 1.88. The first kappa shape index (κ1) is 12.9. The summed E-state index contributed by atoms with van der Waals surface area (Å²) in [7, 11) is 0. The van der Waals surface area contributed by atoms with Crippen molar-refractivity contribution in [3.63, 3.8) is 0 Å². The first-order valence-electron chi connectivity index (χ1n) is 7.85. The van der Waals surface area contributed by atoms with Gasteiger partial charge >= 0.3 is 5.97 Å². The molecule has 0 spiro atoms. The number of carboxylic acids is 1. The van der Waals surface area contributed by atoms with Crippen molar-refractivity contribution >= 4 is 17.0 Å². The highest BCUT2D eigenvalue weighted by molar-refractivity contribution is 6.01. The Hall–Kier alpha value is -1.84. The van der Waals surface area contributed by atoms with E-state index in [1.807, 2.05) is 6.07 Å². The van der Waals surface area contributed by atoms with E-state index in [1.54, 1.807) is 12.1 Å². The molecule has 1 aromatic heterocycles. The minimum Gasteiger partial charge on any atom is -0.478 e. The summed E-state index contributed by atoms with van der Waals surface area (Å²) >= 11 is 0. The van der Waals surface area contributed by atoms with Crippen LogP contribution in [0.5, 0.6) is 0 Å². The van der Waals surface area contributed by atoms with E-state index < -0.39 is 5.97 Å². The average Bonchev–Trinajstić information content (AvgIpc) is 3.09. The van der Waals surface area contributed by atoms with E-state index >= 15 is 0 Å². The molecular formula is C17H20N2O2. The predicted octanol–water partition coefficient (Wildman–Crippen LogP) is 3.90. The highest BCUT2D eigenvalue weighted by atomic mass is 16.4. The Balaban J connectivity index is 2.05. The zero-order valence-electron chi connectivity index (χ0n) is 12.3. The summed E-state index contributed by atoms with van der Waals surface area (Å²) in [5, 5.41) is 9.56. The van der Waals surface area contributed by atoms with Gasteiger partial charge in [-0.05, 0) is 44.7 Å². The second-order valence-electron chi connectivity index (χ2n) is 6.76. The highest BCUT2D eigenvalue weighted by Crippen LogP contribution is 2.46. The number of hydrogen-bond acceptors (Lipinski definition) is 2. The third-order valence-electron chi connectivity index (χ3n) is 5.10. The Morgan fingerprint density at radius 2 is 2.05 bits per heavy atom. The molecule has 1 aromatic carbocycles. The quantitative estimate of drug-likeness (QED) is 0.930. The smallest absolute Gasteiger partial charge is 0.337 e. The summed E-state index contributed by atoms with van der Waals surface area (Å²) in [6, 6.07) is 5.46. The van der Waals surface area contributed by atoms with Crippen molar-refractivity contribution in [2.75, 3.05) is 0 Å². The maximum atomic E-state index is 11.6. The van der Waals surface area contributed by atoms with Crippen LogP contribution in [-0.2, 0) is 5.54 Å². The second-order valence-corrected chi connectivity index (χ2v) is 6.76. The lowest BCUT2D eigenvalue weighted by atomic mass is 9.98. The van der Waals surface area contributed by atoms with Gasteiger partial charge in [0.05, 0.1) is 16.6 Å². The van der Waals surface area contributed by atoms with Gasteiger partial charge in [-0.25, -0.2) is 9.78 Å². The molecule has 1 N–H and O–H groups in total. The van der Waals surface area contributed by atoms with Crippen molar-refractivity contribution < 1.29 is 9.90 Å². The van der Waals surface area contributed by atoms with Crippen LogP contribution in [0.4, 0.5) is 0 Å². The van der Waals surface area contributed by atoms with E-state index in [-0.39, 0.29) is 5.54 Å². The average molecular weight is 284 g/mol. The fourth-order valence-corrected chi connectivity index (χ4v) is 3.84. The van der Waals surface area contributed by atoms with E-state index in [1.165, 1.54) is 25.7 Å². The molecule has 0 radical (unpaired) electrons. The van der Waals surface area contributed by atoms with Crippen LogP contribution in [-0.4, -0.2) is 20.6 Å². The molecule has 4 heteroatoms. The van der Waals surface area contributed by atoms with Crippen LogP contribution in [0.2, 0.25) is 0 Å². The Morgan fingerprint density at radius 1 is 1.33 bits per heavy atom. The molecular weight excluding hydrogens is 264 g/mol. The van der Waals surface area contributed by atoms with Gasteiger partial charge in [0, 0.05) is 11.5 Å². The van der Waals surface area contributed by atoms with Gasteiger partial charge in [0.1, 0.15) is 5.82 Å². The predicted molar refractivity (Wildman–Crippen MR) is 80.8 cm³/mol. The number of hydrogen-bond donors (Lipinski definition) is 1. The van der Waals surface area contributed by atoms with Gasteiger partial charge < -0.3 is 9.67 Å². The van der Waals surface area contributed by atoms with Gasteiger partial charge in [0.2, 0.25) is 0 Å². The number of imidazole rings is 1. The Labute approximate surface area is 123 Å². The topological polar surface area (TPSA) is 55.1 Å². The molecule has 0 atom stereocenters. The van der Waals surface area contributed by atoms with Crippen molar-refractivity contribution in [3.05, 3.63) is 29.6 Å². The Morgan fingerprint density at radius 3 is 2.67 bits per heavy atom. The fourth-order valence-electron chi connectivity index (χ4n) is 3.84. The minimum atomic E-state index is -0.856. The zero-order chi connectivity index (χ0) is 14.6. The number of carboxylic acid groups (broad SMARTS) is 1. The van der Waals surface area contributed by atoms with Crippen LogP contribution in [0.3, 0.4) is 0 Å². The number of benzene rings is 1. The molecule has 1 heterocycles. The lowest BCUT2D eigenvalue weighted by Gasteiger charge is -2.29. The molecule has 110 valence electrons. The molecule has 2 saturated carbocycles. The molecule has 2 fully saturated rings. The van der Waals surface area contributed by atoms with Crippen molar-refractivity contribution in [3.8, 4) is 0 Å². The second kappa shape index (κ2) is 4.33. The molecule has 0 saturated heterocycles. The summed E-state index contributed by atoms with van der Waals surface area (Å²) in [4.78, 5) is 16.4. The lowest BCUT2D eigenvalue weighted by Crippen LogP contribution is -2.28. The van der Waals surface area contributed by atoms with Crippen LogP contribution in [0, 0.1) is 0 Å². The minimum absolute atomic E-state index is 0.0260. The number of carbonyl (C=O) groups is 1. The largest absolute Gasteiger partial charge is 0.478 e. The molecule has 4 rings (SSSR count). The molecule has 0 bridgehead atoms. The summed E-state index contributed by atoms with van der Waals surface area (Å²) < 4.78 is 2.29. The zero-order valence-corrected chi connectivity index (χ0v) is 12.3. The maximum absolute atomic E-state index is 11.6. The highest BCUT2D eigenvalue weighted by Gasteiger charge is 2.39. The van der Waals surface area contributed by atoms with Crippen LogP contribution in [0.15, 0.2) is 18.2 Å². The number of aromatic carboxylic acids is 1. The van der Waals surface area contributed by atoms with Gasteiger partial charge in [-0.1, -0.05) is 18.9 Å². The van der Waals surface area contributed by atoms with E-state index in [0.29, 0.717) is 11.5 Å². The number of nitrogens with zero attached hydrogens (tertiary/aromatic N) is 2. The van der Waals surface area contributed by atoms with E-state index in [4.69, 9.17) is 4.98 Å². The lowest BCUT2D eigenvalue weighted by molar-refractivity contribution is 0.0698. The number of fused-ring (bicyclic) bond motifs is 1. The van der Waals surface area contributed by atoms with Gasteiger partial charge in [0.25, 0.3) is 0 Å². The van der Waals surface area contributed by atoms with E-state index in [0.717, 1.165) is 29.7 Å². The third-order valence-corrected chi connectivity index (χ3v) is 5.10. The molecule has 0 aliphatic heterocycles. The van der Waals surface area contributed by atoms with Crippen LogP contribution in [0.25, 0.3) is 11.0 Å². The normalized spacial score (nSPS) is 21.0. The van der Waals surface area contributed by atoms with Crippen molar-refractivity contribution in [1.29, 1.82) is 0 Å². The van der Waals surface area contributed by atoms with Gasteiger partial charge in [-0.15, -0.1) is 0 Å². The molecule has 2 aliphatic rings. The summed E-state index contributed by atoms with van der Waals surface area (Å²) in [5.74, 6) is 0.783. The fraction of sp³-hybridized carbons (Fsp3) is 0.529. The SMILES string of the molecule is CC1(n2c(C3CC3)nc3cccc(C(=O)O)c32)CCCC1. The molecule has 0 amide bonds. The summed E-state index contributed by atoms with van der Waals surface area (Å²) in [6.45, 7) is 2.27. The van der Waals surface area contributed by atoms with Crippen LogP contribution < -0.4 is 0 Å². The Kier molecular flexibility index (Phi) is 2.65. The maximum Gasteiger partial charge on any atom is 0.337 e. The number of aromatic nitrogens is 2. The van der Waals surface area contributed by atoms with Crippen molar-refractivity contribution in [1.82, 2.24) is 9.55 Å². The first-order valence-corrected chi connectivity index (χ1v) is 7.85. The molecule has 4 nitrogen and oxygen atoms in total. The van der Waals surface area contributed by atoms with Crippen molar-refractivity contribution in [2.45, 2.75) is 56.9 Å². The summed E-state index contributed by atoms with van der Waals surface area (Å²) in [6.07, 6.45) is 7.03. The number of rotatable bonds is 3. The molecule has 2 aliphatic carbocycles. The first-order chi connectivity index (χ1) is 10.1. The number of para-hydroxylation sites is 1.